The number of rotatable bonds is 4. The minimum atomic E-state index is -0.951. The molecule has 1 unspecified atom stereocenters. The van der Waals surface area contributed by atoms with E-state index in [0.717, 1.165) is 30.8 Å². The molecule has 3 aliphatic heterocycles. The van der Waals surface area contributed by atoms with Crippen LogP contribution in [-0.2, 0) is 11.2 Å². The van der Waals surface area contributed by atoms with Crippen LogP contribution in [-0.4, -0.2) is 99.7 Å². The molecule has 1 aromatic carbocycles. The third-order valence-corrected chi connectivity index (χ3v) is 8.46. The normalized spacial score (nSPS) is 26.5. The Bertz CT molecular complexity index is 1330. The summed E-state index contributed by atoms with van der Waals surface area (Å²) >= 11 is 0. The molecule has 3 amide bonds. The van der Waals surface area contributed by atoms with Gasteiger partial charge >= 0.3 is 11.7 Å². The number of carbonyl (C=O) groups excluding carboxylic acids is 2. The molecule has 3 fully saturated rings. The Morgan fingerprint density at radius 2 is 1.77 bits per heavy atom. The number of urea groups is 1. The fraction of sp³-hybridized carbons (Fsp3) is 0.556. The molecule has 39 heavy (non-hydrogen) atoms. The van der Waals surface area contributed by atoms with Crippen molar-refractivity contribution < 1.29 is 14.3 Å². The van der Waals surface area contributed by atoms with E-state index in [1.165, 1.54) is 4.57 Å². The highest BCUT2D eigenvalue weighted by molar-refractivity contribution is 5.89. The molecule has 208 valence electrons. The average molecular weight is 537 g/mol. The molecule has 2 saturated heterocycles. The van der Waals surface area contributed by atoms with Gasteiger partial charge in [-0.1, -0.05) is 6.07 Å². The minimum absolute atomic E-state index is 0.145. The second-order valence-electron chi connectivity index (χ2n) is 11.7. The largest absolute Gasteiger partial charge is 0.492 e. The van der Waals surface area contributed by atoms with E-state index in [1.807, 2.05) is 18.2 Å². The number of fused-ring (bicyclic) bond motifs is 2. The lowest BCUT2D eigenvalue weighted by Gasteiger charge is -2.37. The van der Waals surface area contributed by atoms with Crippen LogP contribution in [0.15, 0.2) is 35.3 Å². The topological polar surface area (TPSA) is 152 Å². The Morgan fingerprint density at radius 3 is 2.44 bits per heavy atom. The van der Waals surface area contributed by atoms with Crippen molar-refractivity contribution in [1.29, 1.82) is 0 Å². The van der Waals surface area contributed by atoms with Gasteiger partial charge in [0.25, 0.3) is 0 Å². The maximum absolute atomic E-state index is 12.8. The minimum Gasteiger partial charge on any atom is -0.492 e. The van der Waals surface area contributed by atoms with Gasteiger partial charge in [0.15, 0.2) is 0 Å². The second-order valence-corrected chi connectivity index (χ2v) is 11.7. The fourth-order valence-electron chi connectivity index (χ4n) is 6.01. The van der Waals surface area contributed by atoms with Crippen molar-refractivity contribution in [2.75, 3.05) is 51.2 Å². The number of piperazine rings is 1. The molecule has 1 saturated carbocycles. The van der Waals surface area contributed by atoms with Gasteiger partial charge in [-0.25, -0.2) is 9.59 Å². The zero-order chi connectivity index (χ0) is 27.5. The number of nitrogens with zero attached hydrogens (tertiary/aromatic N) is 5. The van der Waals surface area contributed by atoms with Crippen molar-refractivity contribution in [2.24, 2.45) is 23.3 Å². The first-order valence-electron chi connectivity index (χ1n) is 13.6. The lowest BCUT2D eigenvalue weighted by Crippen LogP contribution is -2.58. The lowest BCUT2D eigenvalue weighted by molar-refractivity contribution is -0.137. The fourth-order valence-corrected chi connectivity index (χ4v) is 6.01. The molecular weight excluding hydrogens is 500 g/mol. The summed E-state index contributed by atoms with van der Waals surface area (Å²) in [7, 11) is 0. The highest BCUT2D eigenvalue weighted by atomic mass is 16.5. The van der Waals surface area contributed by atoms with Gasteiger partial charge in [-0.3, -0.25) is 19.6 Å². The summed E-state index contributed by atoms with van der Waals surface area (Å²) in [5, 5.41) is 2.69. The predicted octanol–water partition coefficient (Wildman–Crippen LogP) is -0.162. The van der Waals surface area contributed by atoms with E-state index in [-0.39, 0.29) is 17.8 Å². The SMILES string of the molecule is CC(C)(N)C(=O)N1CCN(C(=O)Nc2ccn(-c3ccc4c(c3)OCC(N3C[C@@H]5[C@@H](N)[C@@H]5C3)C4)c(=O)n2)CC1. The molecule has 12 nitrogen and oxygen atoms in total. The summed E-state index contributed by atoms with van der Waals surface area (Å²) in [6.07, 6.45) is 2.51. The van der Waals surface area contributed by atoms with Crippen LogP contribution in [0.5, 0.6) is 5.75 Å². The van der Waals surface area contributed by atoms with Gasteiger partial charge < -0.3 is 26.0 Å². The number of anilines is 1. The van der Waals surface area contributed by atoms with Crippen LogP contribution in [0.3, 0.4) is 0 Å². The third kappa shape index (κ3) is 4.99. The number of likely N-dealkylation sites (tertiary alicyclic amines) is 1. The number of hydrogen-bond acceptors (Lipinski definition) is 8. The highest BCUT2D eigenvalue weighted by Gasteiger charge is 2.54. The van der Waals surface area contributed by atoms with E-state index < -0.39 is 11.2 Å². The highest BCUT2D eigenvalue weighted by Crippen LogP contribution is 2.45. The van der Waals surface area contributed by atoms with E-state index in [2.05, 4.69) is 15.2 Å². The molecule has 1 aliphatic carbocycles. The van der Waals surface area contributed by atoms with E-state index in [0.29, 0.717) is 62.4 Å². The Balaban J connectivity index is 1.06. The molecule has 0 spiro atoms. The Hall–Kier alpha value is -3.48. The smallest absolute Gasteiger partial charge is 0.354 e. The first-order valence-corrected chi connectivity index (χ1v) is 13.6. The van der Waals surface area contributed by atoms with Crippen LogP contribution >= 0.6 is 0 Å². The van der Waals surface area contributed by atoms with Crippen LogP contribution in [0, 0.1) is 11.8 Å². The molecule has 5 N–H and O–H groups in total. The molecule has 4 aliphatic rings. The number of aromatic nitrogens is 2. The van der Waals surface area contributed by atoms with Crippen molar-refractivity contribution in [2.45, 2.75) is 37.9 Å². The van der Waals surface area contributed by atoms with Crippen molar-refractivity contribution in [3.63, 3.8) is 0 Å². The van der Waals surface area contributed by atoms with E-state index >= 15 is 0 Å². The summed E-state index contributed by atoms with van der Waals surface area (Å²) < 4.78 is 7.54. The zero-order valence-corrected chi connectivity index (χ0v) is 22.4. The number of piperidine rings is 1. The van der Waals surface area contributed by atoms with Gasteiger partial charge in [0.2, 0.25) is 5.91 Å². The van der Waals surface area contributed by atoms with Gasteiger partial charge in [0.05, 0.1) is 11.2 Å². The van der Waals surface area contributed by atoms with Gasteiger partial charge in [-0.2, -0.15) is 4.98 Å². The molecule has 4 heterocycles. The molecule has 6 rings (SSSR count). The van der Waals surface area contributed by atoms with Crippen LogP contribution in [0.4, 0.5) is 10.6 Å². The summed E-state index contributed by atoms with van der Waals surface area (Å²) in [4.78, 5) is 47.8. The number of amides is 3. The third-order valence-electron chi connectivity index (χ3n) is 8.46. The average Bonchev–Trinajstić information content (AvgIpc) is 3.30. The monoisotopic (exact) mass is 536 g/mol. The predicted molar refractivity (Wildman–Crippen MR) is 145 cm³/mol. The number of hydrogen-bond donors (Lipinski definition) is 3. The van der Waals surface area contributed by atoms with E-state index in [9.17, 15) is 14.4 Å². The van der Waals surface area contributed by atoms with Crippen molar-refractivity contribution in [3.05, 3.63) is 46.5 Å². The van der Waals surface area contributed by atoms with E-state index in [1.54, 1.807) is 35.9 Å². The number of nitrogens with one attached hydrogen (secondary N) is 1. The standard InChI is InChI=1S/C27H36N8O4/c1-27(2,29)24(36)32-7-9-33(10-8-32)25(37)30-22-5-6-35(26(38)31-22)17-4-3-16-11-18(15-39-21(16)12-17)34-13-19-20(14-34)23(19)28/h3-6,12,18-20,23H,7-11,13-15,28-29H2,1-2H3,(H,30,31,37,38)/t18?,19-,20+,23+. The Kier molecular flexibility index (Phi) is 6.35. The summed E-state index contributed by atoms with van der Waals surface area (Å²) in [6, 6.07) is 7.73. The summed E-state index contributed by atoms with van der Waals surface area (Å²) in [5.41, 5.74) is 12.3. The Morgan fingerprint density at radius 1 is 1.08 bits per heavy atom. The first kappa shape index (κ1) is 25.8. The van der Waals surface area contributed by atoms with E-state index in [4.69, 9.17) is 16.2 Å². The van der Waals surface area contributed by atoms with Crippen LogP contribution in [0.1, 0.15) is 19.4 Å². The van der Waals surface area contributed by atoms with Gasteiger partial charge in [-0.15, -0.1) is 0 Å². The molecule has 1 aromatic heterocycles. The zero-order valence-electron chi connectivity index (χ0n) is 22.4. The van der Waals surface area contributed by atoms with Crippen molar-refractivity contribution in [1.82, 2.24) is 24.3 Å². The van der Waals surface area contributed by atoms with Crippen LogP contribution < -0.4 is 27.2 Å². The number of ether oxygens (including phenoxy) is 1. The first-order chi connectivity index (χ1) is 18.6. The number of benzene rings is 1. The molecule has 12 heteroatoms. The maximum atomic E-state index is 12.8. The number of nitrogens with two attached hydrogens (primary N) is 2. The van der Waals surface area contributed by atoms with Crippen LogP contribution in [0.25, 0.3) is 5.69 Å². The van der Waals surface area contributed by atoms with Gasteiger partial charge in [-0.05, 0) is 49.8 Å². The van der Waals surface area contributed by atoms with Gasteiger partial charge in [0.1, 0.15) is 18.2 Å². The Labute approximate surface area is 226 Å². The van der Waals surface area contributed by atoms with Crippen LogP contribution in [0.2, 0.25) is 0 Å². The molecule has 2 aromatic rings. The quantitative estimate of drug-likeness (QED) is 0.488. The second kappa shape index (κ2) is 9.61. The summed E-state index contributed by atoms with van der Waals surface area (Å²) in [6.45, 7) is 7.60. The molecule has 4 atom stereocenters. The van der Waals surface area contributed by atoms with Crippen molar-refractivity contribution in [3.8, 4) is 11.4 Å². The molecule has 0 radical (unpaired) electrons. The summed E-state index contributed by atoms with van der Waals surface area (Å²) in [5.74, 6) is 2.10. The van der Waals surface area contributed by atoms with Gasteiger partial charge in [0, 0.05) is 63.6 Å². The molecular formula is C27H36N8O4. The van der Waals surface area contributed by atoms with Crippen molar-refractivity contribution >= 4 is 17.8 Å². The molecule has 0 bridgehead atoms. The maximum Gasteiger partial charge on any atom is 0.354 e. The lowest BCUT2D eigenvalue weighted by atomic mass is 10.0. The number of carbonyl (C=O) groups is 2.